The first-order valence-electron chi connectivity index (χ1n) is 6.51. The van der Waals surface area contributed by atoms with Gasteiger partial charge in [-0.2, -0.15) is 0 Å². The molecule has 1 saturated carbocycles. The predicted octanol–water partition coefficient (Wildman–Crippen LogP) is 1.35. The zero-order valence-corrected chi connectivity index (χ0v) is 10.2. The second-order valence-corrected chi connectivity index (χ2v) is 4.69. The normalized spacial score (nSPS) is 31.3. The molecule has 92 valence electrons. The standard InChI is InChI=1S/C12H23N3O/c1-2-7-14-12(13)15-8-9-16-11-6-4-3-5-10(11)15/h10-11H,2-9H2,1H3,(H2,13,14). The Balaban J connectivity index is 2.01. The molecule has 1 saturated heterocycles. The highest BCUT2D eigenvalue weighted by molar-refractivity contribution is 5.78. The lowest BCUT2D eigenvalue weighted by molar-refractivity contribution is -0.0641. The van der Waals surface area contributed by atoms with Gasteiger partial charge in [-0.15, -0.1) is 0 Å². The topological polar surface area (TPSA) is 50.8 Å². The molecule has 0 spiro atoms. The minimum Gasteiger partial charge on any atom is -0.374 e. The summed E-state index contributed by atoms with van der Waals surface area (Å²) >= 11 is 0. The van der Waals surface area contributed by atoms with Crippen LogP contribution in [0.3, 0.4) is 0 Å². The van der Waals surface area contributed by atoms with Crippen molar-refractivity contribution < 1.29 is 4.74 Å². The number of ether oxygens (including phenoxy) is 1. The molecule has 2 unspecified atom stereocenters. The van der Waals surface area contributed by atoms with E-state index in [2.05, 4.69) is 16.8 Å². The van der Waals surface area contributed by atoms with Crippen molar-refractivity contribution in [2.45, 2.75) is 51.2 Å². The number of guanidine groups is 1. The summed E-state index contributed by atoms with van der Waals surface area (Å²) in [5.41, 5.74) is 6.06. The van der Waals surface area contributed by atoms with Crippen molar-refractivity contribution in [1.29, 1.82) is 0 Å². The molecule has 0 aromatic rings. The molecule has 1 heterocycles. The van der Waals surface area contributed by atoms with Crippen LogP contribution in [0, 0.1) is 0 Å². The minimum atomic E-state index is 0.387. The lowest BCUT2D eigenvalue weighted by Crippen LogP contribution is -2.57. The zero-order chi connectivity index (χ0) is 11.4. The summed E-state index contributed by atoms with van der Waals surface area (Å²) in [5.74, 6) is 0.724. The molecule has 2 aliphatic rings. The van der Waals surface area contributed by atoms with Crippen LogP contribution in [-0.2, 0) is 4.74 Å². The third-order valence-electron chi connectivity index (χ3n) is 3.52. The van der Waals surface area contributed by atoms with Gasteiger partial charge in [-0.3, -0.25) is 4.99 Å². The van der Waals surface area contributed by atoms with E-state index in [4.69, 9.17) is 10.5 Å². The van der Waals surface area contributed by atoms with Gasteiger partial charge in [0.25, 0.3) is 0 Å². The maximum absolute atomic E-state index is 6.06. The molecule has 0 amide bonds. The summed E-state index contributed by atoms with van der Waals surface area (Å²) in [6.07, 6.45) is 6.41. The van der Waals surface area contributed by atoms with E-state index in [-0.39, 0.29) is 0 Å². The first-order chi connectivity index (χ1) is 7.83. The van der Waals surface area contributed by atoms with Crippen LogP contribution in [0.1, 0.15) is 39.0 Å². The third-order valence-corrected chi connectivity index (χ3v) is 3.52. The summed E-state index contributed by atoms with van der Waals surface area (Å²) in [7, 11) is 0. The molecule has 4 nitrogen and oxygen atoms in total. The average molecular weight is 225 g/mol. The van der Waals surface area contributed by atoms with Crippen molar-refractivity contribution in [3.05, 3.63) is 0 Å². The average Bonchev–Trinajstić information content (AvgIpc) is 2.35. The van der Waals surface area contributed by atoms with Crippen molar-refractivity contribution >= 4 is 5.96 Å². The van der Waals surface area contributed by atoms with E-state index in [0.29, 0.717) is 12.1 Å². The summed E-state index contributed by atoms with van der Waals surface area (Å²) < 4.78 is 5.81. The molecular weight excluding hydrogens is 202 g/mol. The molecule has 4 heteroatoms. The van der Waals surface area contributed by atoms with E-state index in [1.54, 1.807) is 0 Å². The fourth-order valence-corrected chi connectivity index (χ4v) is 2.70. The van der Waals surface area contributed by atoms with Gasteiger partial charge in [0.1, 0.15) is 0 Å². The maximum atomic E-state index is 6.06. The van der Waals surface area contributed by atoms with Gasteiger partial charge in [-0.05, 0) is 19.3 Å². The Hall–Kier alpha value is -0.770. The fraction of sp³-hybridized carbons (Fsp3) is 0.917. The molecular formula is C12H23N3O. The van der Waals surface area contributed by atoms with Gasteiger partial charge in [-0.25, -0.2) is 0 Å². The van der Waals surface area contributed by atoms with Gasteiger partial charge in [-0.1, -0.05) is 19.8 Å². The molecule has 0 radical (unpaired) electrons. The second kappa shape index (κ2) is 5.53. The molecule has 1 aliphatic carbocycles. The number of hydrogen-bond donors (Lipinski definition) is 1. The van der Waals surface area contributed by atoms with E-state index in [1.807, 2.05) is 0 Å². The molecule has 0 aromatic carbocycles. The highest BCUT2D eigenvalue weighted by Gasteiger charge is 2.34. The molecule has 2 rings (SSSR count). The quantitative estimate of drug-likeness (QED) is 0.570. The van der Waals surface area contributed by atoms with Gasteiger partial charge >= 0.3 is 0 Å². The Bertz CT molecular complexity index is 253. The van der Waals surface area contributed by atoms with Gasteiger partial charge in [0.05, 0.1) is 18.8 Å². The fourth-order valence-electron chi connectivity index (χ4n) is 2.70. The summed E-state index contributed by atoms with van der Waals surface area (Å²) in [4.78, 5) is 6.69. The van der Waals surface area contributed by atoms with Gasteiger partial charge < -0.3 is 15.4 Å². The molecule has 1 aliphatic heterocycles. The number of aliphatic imine (C=N–C) groups is 1. The summed E-state index contributed by atoms with van der Waals surface area (Å²) in [5, 5.41) is 0. The Morgan fingerprint density at radius 2 is 2.25 bits per heavy atom. The number of hydrogen-bond acceptors (Lipinski definition) is 2. The van der Waals surface area contributed by atoms with Crippen molar-refractivity contribution in [3.8, 4) is 0 Å². The monoisotopic (exact) mass is 225 g/mol. The number of morpholine rings is 1. The van der Waals surface area contributed by atoms with Crippen LogP contribution in [0.2, 0.25) is 0 Å². The van der Waals surface area contributed by atoms with E-state index in [9.17, 15) is 0 Å². The Labute approximate surface area is 97.9 Å². The van der Waals surface area contributed by atoms with Gasteiger partial charge in [0.15, 0.2) is 5.96 Å². The van der Waals surface area contributed by atoms with Crippen LogP contribution >= 0.6 is 0 Å². The first kappa shape index (κ1) is 11.7. The largest absolute Gasteiger partial charge is 0.374 e. The predicted molar refractivity (Wildman–Crippen MR) is 65.5 cm³/mol. The van der Waals surface area contributed by atoms with E-state index in [1.165, 1.54) is 25.7 Å². The number of rotatable bonds is 2. The highest BCUT2D eigenvalue weighted by Crippen LogP contribution is 2.28. The van der Waals surface area contributed by atoms with Crippen LogP contribution in [0.25, 0.3) is 0 Å². The van der Waals surface area contributed by atoms with Crippen molar-refractivity contribution in [3.63, 3.8) is 0 Å². The van der Waals surface area contributed by atoms with Gasteiger partial charge in [0, 0.05) is 13.1 Å². The van der Waals surface area contributed by atoms with Crippen LogP contribution in [0.4, 0.5) is 0 Å². The van der Waals surface area contributed by atoms with Crippen LogP contribution in [-0.4, -0.2) is 42.7 Å². The molecule has 2 atom stereocenters. The Morgan fingerprint density at radius 3 is 3.06 bits per heavy atom. The number of nitrogens with zero attached hydrogens (tertiary/aromatic N) is 2. The maximum Gasteiger partial charge on any atom is 0.191 e. The van der Waals surface area contributed by atoms with Crippen molar-refractivity contribution in [2.75, 3.05) is 19.7 Å². The Morgan fingerprint density at radius 1 is 1.44 bits per heavy atom. The zero-order valence-electron chi connectivity index (χ0n) is 10.2. The smallest absolute Gasteiger partial charge is 0.191 e. The third kappa shape index (κ3) is 2.48. The minimum absolute atomic E-state index is 0.387. The van der Waals surface area contributed by atoms with Crippen molar-refractivity contribution in [2.24, 2.45) is 10.7 Å². The lowest BCUT2D eigenvalue weighted by Gasteiger charge is -2.44. The van der Waals surface area contributed by atoms with E-state index < -0.39 is 0 Å². The highest BCUT2D eigenvalue weighted by atomic mass is 16.5. The van der Waals surface area contributed by atoms with Crippen molar-refractivity contribution in [1.82, 2.24) is 4.90 Å². The molecule has 16 heavy (non-hydrogen) atoms. The lowest BCUT2D eigenvalue weighted by atomic mass is 9.90. The molecule has 0 aromatic heterocycles. The summed E-state index contributed by atoms with van der Waals surface area (Å²) in [6.45, 7) is 4.66. The van der Waals surface area contributed by atoms with E-state index >= 15 is 0 Å². The molecule has 2 fully saturated rings. The van der Waals surface area contributed by atoms with Gasteiger partial charge in [0.2, 0.25) is 0 Å². The summed E-state index contributed by atoms with van der Waals surface area (Å²) in [6, 6.07) is 0.475. The second-order valence-electron chi connectivity index (χ2n) is 4.69. The molecule has 0 bridgehead atoms. The van der Waals surface area contributed by atoms with Crippen LogP contribution < -0.4 is 5.73 Å². The SMILES string of the molecule is CCCN=C(N)N1CCOC2CCCCC21. The number of nitrogens with two attached hydrogens (primary N) is 1. The molecule has 2 N–H and O–H groups in total. The van der Waals surface area contributed by atoms with Crippen LogP contribution in [0.15, 0.2) is 4.99 Å². The van der Waals surface area contributed by atoms with E-state index in [0.717, 1.165) is 32.1 Å². The first-order valence-corrected chi connectivity index (χ1v) is 6.51. The number of fused-ring (bicyclic) bond motifs is 1. The van der Waals surface area contributed by atoms with Crippen LogP contribution in [0.5, 0.6) is 0 Å². The Kier molecular flexibility index (Phi) is 4.04.